The molecule has 4 rings (SSSR count). The molecule has 0 aliphatic heterocycles. The summed E-state index contributed by atoms with van der Waals surface area (Å²) < 4.78 is 1.86. The summed E-state index contributed by atoms with van der Waals surface area (Å²) in [5, 5.41) is 17.7. The van der Waals surface area contributed by atoms with Gasteiger partial charge in [0, 0.05) is 12.1 Å². The number of hydrogen-bond acceptors (Lipinski definition) is 5. The van der Waals surface area contributed by atoms with Crippen molar-refractivity contribution < 1.29 is 0 Å². The Morgan fingerprint density at radius 3 is 2.86 bits per heavy atom. The Bertz CT molecular complexity index is 820. The fourth-order valence-corrected chi connectivity index (χ4v) is 3.01. The summed E-state index contributed by atoms with van der Waals surface area (Å²) in [4.78, 5) is 5.30. The molecule has 3 aromatic rings. The number of nitrogens with one attached hydrogen (secondary N) is 1. The minimum absolute atomic E-state index is 0.657. The fraction of sp³-hybridized carbons (Fsp3) is 0.267. The topological polar surface area (TPSA) is 66.0 Å². The van der Waals surface area contributed by atoms with Crippen molar-refractivity contribution in [2.75, 3.05) is 11.9 Å². The highest BCUT2D eigenvalue weighted by Crippen LogP contribution is 2.30. The van der Waals surface area contributed by atoms with E-state index in [0.717, 1.165) is 33.8 Å². The molecule has 1 fully saturated rings. The van der Waals surface area contributed by atoms with Gasteiger partial charge in [0.05, 0.1) is 23.5 Å². The molecule has 5 nitrogen and oxygen atoms in total. The first-order valence-electron chi connectivity index (χ1n) is 6.92. The molecule has 0 amide bonds. The lowest BCUT2D eigenvalue weighted by atomic mass is 10.1. The van der Waals surface area contributed by atoms with Gasteiger partial charge in [-0.15, -0.1) is 5.10 Å². The molecule has 2 aromatic heterocycles. The predicted molar refractivity (Wildman–Crippen MR) is 82.2 cm³/mol. The zero-order valence-corrected chi connectivity index (χ0v) is 12.1. The van der Waals surface area contributed by atoms with Crippen LogP contribution in [0.3, 0.4) is 0 Å². The number of nitrogens with zero attached hydrogens (tertiary/aromatic N) is 4. The van der Waals surface area contributed by atoms with Crippen LogP contribution >= 0.6 is 11.3 Å². The minimum Gasteiger partial charge on any atom is -0.360 e. The average molecular weight is 295 g/mol. The largest absolute Gasteiger partial charge is 0.360 e. The van der Waals surface area contributed by atoms with Crippen molar-refractivity contribution in [1.82, 2.24) is 14.6 Å². The first-order valence-corrected chi connectivity index (χ1v) is 7.74. The van der Waals surface area contributed by atoms with Crippen molar-refractivity contribution in [3.8, 4) is 17.3 Å². The van der Waals surface area contributed by atoms with E-state index in [4.69, 9.17) is 5.26 Å². The normalized spacial score (nSPS) is 14.2. The Hall–Kier alpha value is -2.39. The smallest absolute Gasteiger partial charge is 0.214 e. The van der Waals surface area contributed by atoms with Crippen molar-refractivity contribution in [2.24, 2.45) is 5.92 Å². The van der Waals surface area contributed by atoms with Crippen LogP contribution in [0.4, 0.5) is 5.13 Å². The number of fused-ring (bicyclic) bond motifs is 1. The van der Waals surface area contributed by atoms with E-state index in [-0.39, 0.29) is 0 Å². The van der Waals surface area contributed by atoms with E-state index >= 15 is 0 Å². The van der Waals surface area contributed by atoms with Gasteiger partial charge < -0.3 is 5.32 Å². The van der Waals surface area contributed by atoms with E-state index in [2.05, 4.69) is 21.5 Å². The van der Waals surface area contributed by atoms with E-state index in [1.54, 1.807) is 11.3 Å². The molecule has 6 heteroatoms. The van der Waals surface area contributed by atoms with Crippen LogP contribution in [0.15, 0.2) is 30.5 Å². The molecule has 1 saturated carbocycles. The molecule has 104 valence electrons. The first-order chi connectivity index (χ1) is 10.3. The highest BCUT2D eigenvalue weighted by atomic mass is 32.1. The molecule has 0 unspecified atom stereocenters. The van der Waals surface area contributed by atoms with Crippen LogP contribution in [0, 0.1) is 17.2 Å². The van der Waals surface area contributed by atoms with Crippen molar-refractivity contribution in [1.29, 1.82) is 5.26 Å². The third kappa shape index (κ3) is 2.36. The number of imidazole rings is 1. The van der Waals surface area contributed by atoms with Crippen molar-refractivity contribution in [3.05, 3.63) is 36.0 Å². The van der Waals surface area contributed by atoms with E-state index in [0.29, 0.717) is 5.56 Å². The second-order valence-electron chi connectivity index (χ2n) is 5.26. The van der Waals surface area contributed by atoms with Gasteiger partial charge in [-0.1, -0.05) is 23.5 Å². The lowest BCUT2D eigenvalue weighted by Gasteiger charge is -2.00. The van der Waals surface area contributed by atoms with Crippen LogP contribution in [0.25, 0.3) is 16.2 Å². The lowest BCUT2D eigenvalue weighted by molar-refractivity contribution is 0.875. The zero-order valence-electron chi connectivity index (χ0n) is 11.3. The zero-order chi connectivity index (χ0) is 14.2. The highest BCUT2D eigenvalue weighted by molar-refractivity contribution is 7.20. The summed E-state index contributed by atoms with van der Waals surface area (Å²) in [5.41, 5.74) is 2.62. The van der Waals surface area contributed by atoms with Gasteiger partial charge in [-0.3, -0.25) is 0 Å². The second-order valence-corrected chi connectivity index (χ2v) is 6.21. The van der Waals surface area contributed by atoms with Crippen LogP contribution in [0.1, 0.15) is 18.4 Å². The van der Waals surface area contributed by atoms with Gasteiger partial charge in [0.25, 0.3) is 0 Å². The summed E-state index contributed by atoms with van der Waals surface area (Å²) >= 11 is 1.57. The highest BCUT2D eigenvalue weighted by Gasteiger charge is 2.21. The maximum atomic E-state index is 8.86. The maximum Gasteiger partial charge on any atom is 0.214 e. The predicted octanol–water partition coefficient (Wildman–Crippen LogP) is 3.15. The Morgan fingerprint density at radius 1 is 1.33 bits per heavy atom. The van der Waals surface area contributed by atoms with Gasteiger partial charge in [0.2, 0.25) is 10.1 Å². The molecular formula is C15H13N5S. The van der Waals surface area contributed by atoms with E-state index in [1.807, 2.05) is 35.0 Å². The monoisotopic (exact) mass is 295 g/mol. The third-order valence-electron chi connectivity index (χ3n) is 3.63. The molecule has 0 radical (unpaired) electrons. The third-order valence-corrected chi connectivity index (χ3v) is 4.51. The molecule has 0 spiro atoms. The average Bonchev–Trinajstić information content (AvgIpc) is 3.14. The Balaban J connectivity index is 1.65. The standard InChI is InChI=1S/C15H13N5S/c16-7-10-3-5-12(6-4-10)13-9-18-15-20(13)19-14(21-15)17-8-11-1-2-11/h3-6,9,11H,1-2,8H2,(H,17,19). The molecule has 0 saturated heterocycles. The van der Waals surface area contributed by atoms with Gasteiger partial charge in [0.1, 0.15) is 0 Å². The van der Waals surface area contributed by atoms with E-state index in [9.17, 15) is 0 Å². The SMILES string of the molecule is N#Cc1ccc(-c2cnc3sc(NCC4CC4)nn23)cc1. The molecular weight excluding hydrogens is 282 g/mol. The van der Waals surface area contributed by atoms with Crippen LogP contribution < -0.4 is 5.32 Å². The maximum absolute atomic E-state index is 8.86. The summed E-state index contributed by atoms with van der Waals surface area (Å²) in [6.07, 6.45) is 4.48. The van der Waals surface area contributed by atoms with Crippen LogP contribution in [0.5, 0.6) is 0 Å². The number of aromatic nitrogens is 3. The molecule has 1 aliphatic carbocycles. The summed E-state index contributed by atoms with van der Waals surface area (Å²) in [5.74, 6) is 0.819. The van der Waals surface area contributed by atoms with Gasteiger partial charge in [-0.25, -0.2) is 9.50 Å². The minimum atomic E-state index is 0.657. The number of hydrogen-bond donors (Lipinski definition) is 1. The second kappa shape index (κ2) is 4.86. The summed E-state index contributed by atoms with van der Waals surface area (Å²) in [7, 11) is 0. The van der Waals surface area contributed by atoms with Crippen molar-refractivity contribution in [3.63, 3.8) is 0 Å². The van der Waals surface area contributed by atoms with Gasteiger partial charge >= 0.3 is 0 Å². The molecule has 1 aliphatic rings. The van der Waals surface area contributed by atoms with Gasteiger partial charge in [0.15, 0.2) is 0 Å². The first kappa shape index (κ1) is 12.4. The molecule has 2 heterocycles. The lowest BCUT2D eigenvalue weighted by Crippen LogP contribution is -2.03. The number of anilines is 1. The van der Waals surface area contributed by atoms with Gasteiger partial charge in [-0.05, 0) is 30.9 Å². The Morgan fingerprint density at radius 2 is 2.14 bits per heavy atom. The molecule has 1 N–H and O–H groups in total. The van der Waals surface area contributed by atoms with Crippen LogP contribution in [-0.2, 0) is 0 Å². The molecule has 0 atom stereocenters. The van der Waals surface area contributed by atoms with Crippen molar-refractivity contribution in [2.45, 2.75) is 12.8 Å². The summed E-state index contributed by atoms with van der Waals surface area (Å²) in [6, 6.07) is 9.61. The number of nitriles is 1. The van der Waals surface area contributed by atoms with E-state index < -0.39 is 0 Å². The summed E-state index contributed by atoms with van der Waals surface area (Å²) in [6.45, 7) is 1.00. The number of rotatable bonds is 4. The number of benzene rings is 1. The fourth-order valence-electron chi connectivity index (χ4n) is 2.23. The van der Waals surface area contributed by atoms with Crippen molar-refractivity contribution >= 4 is 21.4 Å². The molecule has 1 aromatic carbocycles. The quantitative estimate of drug-likeness (QED) is 0.803. The Kier molecular flexibility index (Phi) is 2.86. The van der Waals surface area contributed by atoms with Crippen LogP contribution in [-0.4, -0.2) is 21.1 Å². The molecule has 0 bridgehead atoms. The van der Waals surface area contributed by atoms with E-state index in [1.165, 1.54) is 12.8 Å². The van der Waals surface area contributed by atoms with Gasteiger partial charge in [-0.2, -0.15) is 5.26 Å². The Labute approximate surface area is 125 Å². The van der Waals surface area contributed by atoms with Crippen LogP contribution in [0.2, 0.25) is 0 Å². The molecule has 21 heavy (non-hydrogen) atoms.